The maximum absolute atomic E-state index is 11.2. The molecule has 0 radical (unpaired) electrons. The largest absolute Gasteiger partial charge is 0.502 e. The number of methoxy groups -OCH3 is 1. The number of carbonyl (C=O) groups excluding carboxylic acids is 1. The first-order chi connectivity index (χ1) is 7.84. The number of benzene rings is 1. The quantitative estimate of drug-likeness (QED) is 0.498. The van der Waals surface area contributed by atoms with Crippen molar-refractivity contribution < 1.29 is 23.1 Å². The fraction of sp³-hybridized carbons (Fsp3) is 0.182. The van der Waals surface area contributed by atoms with Gasteiger partial charge in [-0.05, 0) is 23.8 Å². The van der Waals surface area contributed by atoms with Gasteiger partial charge in [0, 0.05) is 6.26 Å². The Morgan fingerprint density at radius 1 is 1.29 bits per heavy atom. The number of ether oxygens (including phenoxy) is 1. The Labute approximate surface area is 99.3 Å². The molecular weight excluding hydrogens is 244 g/mol. The summed E-state index contributed by atoms with van der Waals surface area (Å²) in [5.74, 6) is -1.39. The monoisotopic (exact) mass is 256 g/mol. The number of aliphatic hydroxyl groups excluding tert-OH is 1. The Morgan fingerprint density at radius 2 is 1.82 bits per heavy atom. The summed E-state index contributed by atoms with van der Waals surface area (Å²) in [5, 5.41) is 9.27. The fourth-order valence-electron chi connectivity index (χ4n) is 1.13. The van der Waals surface area contributed by atoms with Crippen LogP contribution in [0.5, 0.6) is 0 Å². The van der Waals surface area contributed by atoms with Gasteiger partial charge in [0.15, 0.2) is 9.84 Å². The molecule has 0 saturated carbocycles. The predicted octanol–water partition coefficient (Wildman–Crippen LogP) is 1.16. The highest BCUT2D eigenvalue weighted by molar-refractivity contribution is 7.90. The molecule has 0 atom stereocenters. The first kappa shape index (κ1) is 13.2. The minimum Gasteiger partial charge on any atom is -0.502 e. The van der Waals surface area contributed by atoms with Crippen LogP contribution in [0.1, 0.15) is 5.56 Å². The third-order valence-corrected chi connectivity index (χ3v) is 3.13. The molecule has 1 N–H and O–H groups in total. The summed E-state index contributed by atoms with van der Waals surface area (Å²) in [5.41, 5.74) is 0.500. The maximum atomic E-state index is 11.2. The Hall–Kier alpha value is -1.82. The molecule has 1 aromatic carbocycles. The van der Waals surface area contributed by atoms with Crippen LogP contribution in [0.3, 0.4) is 0 Å². The molecule has 92 valence electrons. The standard InChI is InChI=1S/C11H12O5S/c1-16-11(13)10(12)7-8-3-5-9(6-4-8)17(2,14)15/h3-7,12H,1-2H3/b10-7-. The zero-order chi connectivity index (χ0) is 13.1. The van der Waals surface area contributed by atoms with Crippen LogP contribution < -0.4 is 0 Å². The summed E-state index contributed by atoms with van der Waals surface area (Å²) in [7, 11) is -2.09. The van der Waals surface area contributed by atoms with Gasteiger partial charge in [-0.15, -0.1) is 0 Å². The van der Waals surface area contributed by atoms with Crippen LogP contribution in [0.4, 0.5) is 0 Å². The van der Waals surface area contributed by atoms with E-state index in [0.717, 1.165) is 13.4 Å². The first-order valence-corrected chi connectivity index (χ1v) is 6.53. The van der Waals surface area contributed by atoms with E-state index in [1.165, 1.54) is 30.3 Å². The van der Waals surface area contributed by atoms with E-state index >= 15 is 0 Å². The normalized spacial score (nSPS) is 12.2. The van der Waals surface area contributed by atoms with Crippen molar-refractivity contribution in [2.45, 2.75) is 4.90 Å². The minimum absolute atomic E-state index is 0.173. The Morgan fingerprint density at radius 3 is 2.24 bits per heavy atom. The molecule has 0 unspecified atom stereocenters. The lowest BCUT2D eigenvalue weighted by Gasteiger charge is -2.00. The molecule has 0 aliphatic heterocycles. The van der Waals surface area contributed by atoms with Gasteiger partial charge in [-0.1, -0.05) is 12.1 Å². The number of carbonyl (C=O) groups is 1. The molecule has 0 spiro atoms. The van der Waals surface area contributed by atoms with Gasteiger partial charge in [0.05, 0.1) is 12.0 Å². The number of esters is 1. The molecule has 0 saturated heterocycles. The number of rotatable bonds is 3. The smallest absolute Gasteiger partial charge is 0.373 e. The van der Waals surface area contributed by atoms with Gasteiger partial charge in [-0.3, -0.25) is 0 Å². The Bertz CT molecular complexity index is 540. The highest BCUT2D eigenvalue weighted by Crippen LogP contribution is 2.12. The second kappa shape index (κ2) is 5.01. The van der Waals surface area contributed by atoms with E-state index in [0.29, 0.717) is 5.56 Å². The summed E-state index contributed by atoms with van der Waals surface area (Å²) < 4.78 is 26.7. The highest BCUT2D eigenvalue weighted by Gasteiger charge is 2.08. The van der Waals surface area contributed by atoms with Gasteiger partial charge >= 0.3 is 5.97 Å². The van der Waals surface area contributed by atoms with Crippen molar-refractivity contribution in [1.82, 2.24) is 0 Å². The number of hydrogen-bond donors (Lipinski definition) is 1. The molecule has 6 heteroatoms. The minimum atomic E-state index is -3.24. The van der Waals surface area contributed by atoms with E-state index in [1.807, 2.05) is 0 Å². The molecule has 0 aliphatic rings. The Balaban J connectivity index is 3.01. The van der Waals surface area contributed by atoms with Crippen LogP contribution in [-0.4, -0.2) is 32.9 Å². The third-order valence-electron chi connectivity index (χ3n) is 2.01. The average molecular weight is 256 g/mol. The van der Waals surface area contributed by atoms with Crippen molar-refractivity contribution >= 4 is 21.9 Å². The lowest BCUT2D eigenvalue weighted by Crippen LogP contribution is -2.03. The van der Waals surface area contributed by atoms with Crippen LogP contribution in [0, 0.1) is 0 Å². The Kier molecular flexibility index (Phi) is 3.90. The lowest BCUT2D eigenvalue weighted by atomic mass is 10.2. The van der Waals surface area contributed by atoms with Gasteiger partial charge in [0.1, 0.15) is 0 Å². The molecule has 1 aromatic rings. The average Bonchev–Trinajstić information content (AvgIpc) is 2.27. The van der Waals surface area contributed by atoms with E-state index in [-0.39, 0.29) is 4.90 Å². The van der Waals surface area contributed by atoms with Crippen LogP contribution in [0.25, 0.3) is 6.08 Å². The van der Waals surface area contributed by atoms with E-state index in [1.54, 1.807) is 0 Å². The van der Waals surface area contributed by atoms with E-state index < -0.39 is 21.6 Å². The highest BCUT2D eigenvalue weighted by atomic mass is 32.2. The number of aliphatic hydroxyl groups is 1. The second-order valence-electron chi connectivity index (χ2n) is 3.36. The van der Waals surface area contributed by atoms with E-state index in [4.69, 9.17) is 0 Å². The summed E-state index contributed by atoms with van der Waals surface area (Å²) in [6.07, 6.45) is 2.29. The zero-order valence-corrected chi connectivity index (χ0v) is 10.2. The van der Waals surface area contributed by atoms with Crippen molar-refractivity contribution in [3.63, 3.8) is 0 Å². The van der Waals surface area contributed by atoms with Crippen LogP contribution >= 0.6 is 0 Å². The molecule has 17 heavy (non-hydrogen) atoms. The molecule has 0 heterocycles. The van der Waals surface area contributed by atoms with Gasteiger partial charge < -0.3 is 9.84 Å². The number of sulfone groups is 1. The van der Waals surface area contributed by atoms with Gasteiger partial charge in [-0.2, -0.15) is 0 Å². The molecule has 1 rings (SSSR count). The lowest BCUT2D eigenvalue weighted by molar-refractivity contribution is -0.138. The summed E-state index contributed by atoms with van der Waals surface area (Å²) in [6, 6.07) is 5.75. The maximum Gasteiger partial charge on any atom is 0.373 e. The van der Waals surface area contributed by atoms with Gasteiger partial charge in [-0.25, -0.2) is 13.2 Å². The van der Waals surface area contributed by atoms with Crippen molar-refractivity contribution in [3.05, 3.63) is 35.6 Å². The van der Waals surface area contributed by atoms with E-state index in [9.17, 15) is 18.3 Å². The summed E-state index contributed by atoms with van der Waals surface area (Å²) >= 11 is 0. The van der Waals surface area contributed by atoms with Crippen molar-refractivity contribution in [1.29, 1.82) is 0 Å². The van der Waals surface area contributed by atoms with Crippen molar-refractivity contribution in [2.24, 2.45) is 0 Å². The topological polar surface area (TPSA) is 80.7 Å². The van der Waals surface area contributed by atoms with Crippen LogP contribution in [-0.2, 0) is 19.4 Å². The summed E-state index contributed by atoms with van der Waals surface area (Å²) in [4.78, 5) is 11.1. The van der Waals surface area contributed by atoms with Gasteiger partial charge in [0.2, 0.25) is 5.76 Å². The molecule has 0 amide bonds. The SMILES string of the molecule is COC(=O)/C(O)=C/c1ccc(S(C)(=O)=O)cc1. The van der Waals surface area contributed by atoms with Crippen LogP contribution in [0.2, 0.25) is 0 Å². The molecular formula is C11H12O5S. The summed E-state index contributed by atoms with van der Waals surface area (Å²) in [6.45, 7) is 0. The predicted molar refractivity (Wildman–Crippen MR) is 62.2 cm³/mol. The zero-order valence-electron chi connectivity index (χ0n) is 9.38. The molecule has 0 bridgehead atoms. The molecule has 0 aliphatic carbocycles. The molecule has 5 nitrogen and oxygen atoms in total. The second-order valence-corrected chi connectivity index (χ2v) is 5.38. The van der Waals surface area contributed by atoms with Crippen molar-refractivity contribution in [3.8, 4) is 0 Å². The van der Waals surface area contributed by atoms with Crippen LogP contribution in [0.15, 0.2) is 34.9 Å². The third kappa shape index (κ3) is 3.60. The molecule has 0 fully saturated rings. The van der Waals surface area contributed by atoms with E-state index in [2.05, 4.69) is 4.74 Å². The molecule has 0 aromatic heterocycles. The number of hydrogen-bond acceptors (Lipinski definition) is 5. The van der Waals surface area contributed by atoms with Crippen molar-refractivity contribution in [2.75, 3.05) is 13.4 Å². The van der Waals surface area contributed by atoms with Gasteiger partial charge in [0.25, 0.3) is 0 Å². The first-order valence-electron chi connectivity index (χ1n) is 4.63. The fourth-order valence-corrected chi connectivity index (χ4v) is 1.76.